The molecule has 1 unspecified atom stereocenters. The van der Waals surface area contributed by atoms with Crippen LogP contribution < -0.4 is 5.32 Å². The fraction of sp³-hybridized carbons (Fsp3) is 0.385. The number of carboxylic acids is 1. The molecule has 2 amide bonds. The summed E-state index contributed by atoms with van der Waals surface area (Å²) in [7, 11) is 0. The summed E-state index contributed by atoms with van der Waals surface area (Å²) in [4.78, 5) is 24.7. The van der Waals surface area contributed by atoms with Crippen molar-refractivity contribution in [1.82, 2.24) is 4.90 Å². The average molecular weight is 264 g/mol. The zero-order chi connectivity index (χ0) is 14.0. The van der Waals surface area contributed by atoms with Crippen LogP contribution >= 0.6 is 0 Å². The number of aromatic hydroxyl groups is 1. The number of nitrogens with one attached hydrogen (secondary N) is 1. The normalized spacial score (nSPS) is 18.4. The maximum Gasteiger partial charge on any atom is 0.337 e. The first kappa shape index (κ1) is 13.2. The predicted molar refractivity (Wildman–Crippen MR) is 69.4 cm³/mol. The minimum Gasteiger partial charge on any atom is -0.508 e. The van der Waals surface area contributed by atoms with Crippen molar-refractivity contribution in [3.8, 4) is 5.75 Å². The molecule has 0 radical (unpaired) electrons. The first-order valence-corrected chi connectivity index (χ1v) is 6.09. The Morgan fingerprint density at radius 3 is 2.74 bits per heavy atom. The van der Waals surface area contributed by atoms with Crippen molar-refractivity contribution in [2.24, 2.45) is 5.92 Å². The summed E-state index contributed by atoms with van der Waals surface area (Å²) in [6.45, 7) is 3.41. The SMILES string of the molecule is CC1CCN(C(=O)Nc2ccc(O)cc2C(=O)O)C1. The summed E-state index contributed by atoms with van der Waals surface area (Å²) in [6.07, 6.45) is 0.953. The minimum atomic E-state index is -1.19. The summed E-state index contributed by atoms with van der Waals surface area (Å²) in [6, 6.07) is 3.53. The summed E-state index contributed by atoms with van der Waals surface area (Å²) in [5, 5.41) is 20.9. The van der Waals surface area contributed by atoms with E-state index in [2.05, 4.69) is 12.2 Å². The topological polar surface area (TPSA) is 89.9 Å². The largest absolute Gasteiger partial charge is 0.508 e. The van der Waals surface area contributed by atoms with Crippen molar-refractivity contribution in [2.45, 2.75) is 13.3 Å². The number of carbonyl (C=O) groups excluding carboxylic acids is 1. The number of phenolic OH excluding ortho intramolecular Hbond substituents is 1. The van der Waals surface area contributed by atoms with Gasteiger partial charge in [0.1, 0.15) is 5.75 Å². The molecule has 1 fully saturated rings. The molecule has 102 valence electrons. The maximum atomic E-state index is 12.0. The standard InChI is InChI=1S/C13H16N2O4/c1-8-4-5-15(7-8)13(19)14-11-3-2-9(16)6-10(11)12(17)18/h2-3,6,8,16H,4-5,7H2,1H3,(H,14,19)(H,17,18). The Hall–Kier alpha value is -2.24. The number of anilines is 1. The molecule has 6 nitrogen and oxygen atoms in total. The third-order valence-corrected chi connectivity index (χ3v) is 3.19. The van der Waals surface area contributed by atoms with Gasteiger partial charge < -0.3 is 20.4 Å². The minimum absolute atomic E-state index is 0.124. The number of carboxylic acid groups (broad SMARTS) is 1. The van der Waals surface area contributed by atoms with Crippen LogP contribution in [0.15, 0.2) is 18.2 Å². The Balaban J connectivity index is 2.14. The molecule has 1 aliphatic rings. The van der Waals surface area contributed by atoms with Gasteiger partial charge in [-0.3, -0.25) is 0 Å². The van der Waals surface area contributed by atoms with E-state index in [-0.39, 0.29) is 23.0 Å². The maximum absolute atomic E-state index is 12.0. The van der Waals surface area contributed by atoms with Crippen LogP contribution in [0.1, 0.15) is 23.7 Å². The fourth-order valence-corrected chi connectivity index (χ4v) is 2.13. The van der Waals surface area contributed by atoms with Crippen molar-refractivity contribution < 1.29 is 19.8 Å². The molecule has 0 bridgehead atoms. The number of hydrogen-bond donors (Lipinski definition) is 3. The third-order valence-electron chi connectivity index (χ3n) is 3.19. The molecule has 1 atom stereocenters. The number of phenols is 1. The van der Waals surface area contributed by atoms with E-state index < -0.39 is 5.97 Å². The Morgan fingerprint density at radius 1 is 1.42 bits per heavy atom. The lowest BCUT2D eigenvalue weighted by atomic mass is 10.1. The van der Waals surface area contributed by atoms with Crippen LogP contribution in [0.5, 0.6) is 5.75 Å². The molecule has 0 aliphatic carbocycles. The lowest BCUT2D eigenvalue weighted by molar-refractivity contribution is 0.0697. The molecule has 1 aliphatic heterocycles. The molecule has 0 spiro atoms. The van der Waals surface area contributed by atoms with Gasteiger partial charge in [0.15, 0.2) is 0 Å². The first-order valence-electron chi connectivity index (χ1n) is 6.09. The Kier molecular flexibility index (Phi) is 3.59. The van der Waals surface area contributed by atoms with Crippen molar-refractivity contribution in [3.63, 3.8) is 0 Å². The van der Waals surface area contributed by atoms with Gasteiger partial charge in [0.25, 0.3) is 0 Å². The molecule has 1 aromatic rings. The van der Waals surface area contributed by atoms with Crippen LogP contribution in [0.25, 0.3) is 0 Å². The second kappa shape index (κ2) is 5.17. The van der Waals surface area contributed by atoms with Crippen LogP contribution in [0.2, 0.25) is 0 Å². The molecule has 0 saturated carbocycles. The Bertz CT molecular complexity index is 515. The van der Waals surface area contributed by atoms with Gasteiger partial charge in [-0.25, -0.2) is 9.59 Å². The highest BCUT2D eigenvalue weighted by atomic mass is 16.4. The van der Waals surface area contributed by atoms with Gasteiger partial charge in [-0.1, -0.05) is 6.92 Å². The second-order valence-corrected chi connectivity index (χ2v) is 4.81. The highest BCUT2D eigenvalue weighted by Gasteiger charge is 2.24. The van der Waals surface area contributed by atoms with Gasteiger partial charge in [0, 0.05) is 13.1 Å². The average Bonchev–Trinajstić information content (AvgIpc) is 2.78. The highest BCUT2D eigenvalue weighted by Crippen LogP contribution is 2.23. The van der Waals surface area contributed by atoms with Crippen molar-refractivity contribution in [2.75, 3.05) is 18.4 Å². The molecule has 1 aromatic carbocycles. The summed E-state index contributed by atoms with van der Waals surface area (Å²) in [5.74, 6) is -0.879. The van der Waals surface area contributed by atoms with E-state index >= 15 is 0 Å². The molecular weight excluding hydrogens is 248 g/mol. The number of nitrogens with zero attached hydrogens (tertiary/aromatic N) is 1. The fourth-order valence-electron chi connectivity index (χ4n) is 2.13. The number of benzene rings is 1. The number of aromatic carboxylic acids is 1. The molecule has 3 N–H and O–H groups in total. The quantitative estimate of drug-likeness (QED) is 0.712. The summed E-state index contributed by atoms with van der Waals surface area (Å²) in [5.41, 5.74) is 0.0652. The highest BCUT2D eigenvalue weighted by molar-refractivity contribution is 6.00. The summed E-state index contributed by atoms with van der Waals surface area (Å²) < 4.78 is 0. The number of amides is 2. The van der Waals surface area contributed by atoms with Gasteiger partial charge in [-0.15, -0.1) is 0 Å². The van der Waals surface area contributed by atoms with Crippen molar-refractivity contribution >= 4 is 17.7 Å². The molecular formula is C13H16N2O4. The van der Waals surface area contributed by atoms with Crippen LogP contribution in [-0.2, 0) is 0 Å². The van der Waals surface area contributed by atoms with Crippen molar-refractivity contribution in [1.29, 1.82) is 0 Å². The number of likely N-dealkylation sites (tertiary alicyclic amines) is 1. The van der Waals surface area contributed by atoms with E-state index in [4.69, 9.17) is 5.11 Å². The monoisotopic (exact) mass is 264 g/mol. The smallest absolute Gasteiger partial charge is 0.337 e. The van der Waals surface area contributed by atoms with Gasteiger partial charge in [0.2, 0.25) is 0 Å². The van der Waals surface area contributed by atoms with E-state index in [0.29, 0.717) is 19.0 Å². The molecule has 19 heavy (non-hydrogen) atoms. The van der Waals surface area contributed by atoms with Gasteiger partial charge in [-0.05, 0) is 30.5 Å². The molecule has 0 aromatic heterocycles. The van der Waals surface area contributed by atoms with Crippen molar-refractivity contribution in [3.05, 3.63) is 23.8 Å². The molecule has 2 rings (SSSR count). The lowest BCUT2D eigenvalue weighted by Gasteiger charge is -2.17. The van der Waals surface area contributed by atoms with E-state index in [1.165, 1.54) is 12.1 Å². The zero-order valence-electron chi connectivity index (χ0n) is 10.6. The molecule has 6 heteroatoms. The summed E-state index contributed by atoms with van der Waals surface area (Å²) >= 11 is 0. The number of hydrogen-bond acceptors (Lipinski definition) is 3. The first-order chi connectivity index (χ1) is 8.97. The van der Waals surface area contributed by atoms with E-state index in [0.717, 1.165) is 12.5 Å². The van der Waals surface area contributed by atoms with E-state index in [1.807, 2.05) is 0 Å². The molecule has 1 heterocycles. The Labute approximate surface area is 110 Å². The van der Waals surface area contributed by atoms with Crippen LogP contribution in [-0.4, -0.2) is 40.2 Å². The second-order valence-electron chi connectivity index (χ2n) is 4.81. The van der Waals surface area contributed by atoms with Gasteiger partial charge in [-0.2, -0.15) is 0 Å². The molecule has 1 saturated heterocycles. The number of carbonyl (C=O) groups is 2. The van der Waals surface area contributed by atoms with Crippen LogP contribution in [0.4, 0.5) is 10.5 Å². The van der Waals surface area contributed by atoms with Crippen LogP contribution in [0.3, 0.4) is 0 Å². The Morgan fingerprint density at radius 2 is 2.16 bits per heavy atom. The predicted octanol–water partition coefficient (Wildman–Crippen LogP) is 1.96. The van der Waals surface area contributed by atoms with Gasteiger partial charge in [0.05, 0.1) is 11.3 Å². The lowest BCUT2D eigenvalue weighted by Crippen LogP contribution is -2.33. The number of urea groups is 1. The number of rotatable bonds is 2. The zero-order valence-corrected chi connectivity index (χ0v) is 10.6. The third kappa shape index (κ3) is 2.96. The van der Waals surface area contributed by atoms with E-state index in [1.54, 1.807) is 4.90 Å². The van der Waals surface area contributed by atoms with E-state index in [9.17, 15) is 14.7 Å². The van der Waals surface area contributed by atoms with Gasteiger partial charge >= 0.3 is 12.0 Å². The van der Waals surface area contributed by atoms with Crippen LogP contribution in [0, 0.1) is 5.92 Å².